The molecule has 8 rings (SSSR count). The van der Waals surface area contributed by atoms with Gasteiger partial charge in [-0.25, -0.2) is 0 Å². The molecule has 44 heavy (non-hydrogen) atoms. The number of aromatic hydroxyl groups is 1. The summed E-state index contributed by atoms with van der Waals surface area (Å²) in [5.74, 6) is 3.81. The van der Waals surface area contributed by atoms with E-state index in [4.69, 9.17) is 37.5 Å². The van der Waals surface area contributed by atoms with Crippen LogP contribution in [0.5, 0.6) is 11.8 Å². The van der Waals surface area contributed by atoms with Crippen molar-refractivity contribution in [2.75, 3.05) is 57.4 Å². The Kier molecular flexibility index (Phi) is 7.03. The molecule has 0 amide bonds. The number of phenolic OH excluding ortho intramolecular Hbond substituents is 1. The van der Waals surface area contributed by atoms with Crippen LogP contribution in [0.25, 0.3) is 32.8 Å². The van der Waals surface area contributed by atoms with Crippen LogP contribution in [0.15, 0.2) is 42.5 Å². The van der Waals surface area contributed by atoms with Crippen LogP contribution in [0.1, 0.15) is 31.2 Å². The molecule has 1 saturated carbocycles. The minimum Gasteiger partial charge on any atom is -0.508 e. The third-order valence-electron chi connectivity index (χ3n) is 9.82. The van der Waals surface area contributed by atoms with Crippen molar-refractivity contribution in [2.24, 2.45) is 5.41 Å². The number of benzene rings is 3. The minimum absolute atomic E-state index is 0.127. The summed E-state index contributed by atoms with van der Waals surface area (Å²) in [6.07, 6.45) is 10.5. The molecule has 3 saturated heterocycles. The quantitative estimate of drug-likeness (QED) is 0.276. The molecule has 3 aliphatic heterocycles. The molecule has 1 aromatic heterocycles. The Labute approximate surface area is 262 Å². The molecule has 9 heteroatoms. The first kappa shape index (κ1) is 27.9. The second kappa shape index (κ2) is 11.1. The highest BCUT2D eigenvalue weighted by Crippen LogP contribution is 2.47. The van der Waals surface area contributed by atoms with Crippen molar-refractivity contribution in [3.8, 4) is 35.2 Å². The monoisotopic (exact) mass is 609 g/mol. The molecular weight excluding hydrogens is 574 g/mol. The Balaban J connectivity index is 1.21. The van der Waals surface area contributed by atoms with Crippen molar-refractivity contribution in [3.05, 3.63) is 53.1 Å². The molecule has 0 spiro atoms. The van der Waals surface area contributed by atoms with Crippen molar-refractivity contribution in [1.29, 1.82) is 0 Å². The van der Waals surface area contributed by atoms with Crippen LogP contribution < -0.4 is 15.0 Å². The van der Waals surface area contributed by atoms with Gasteiger partial charge in [0.1, 0.15) is 11.6 Å². The highest BCUT2D eigenvalue weighted by Gasteiger charge is 2.45. The van der Waals surface area contributed by atoms with E-state index in [1.807, 2.05) is 24.3 Å². The zero-order valence-corrected chi connectivity index (χ0v) is 25.4. The second-order valence-corrected chi connectivity index (χ2v) is 13.3. The molecule has 4 fully saturated rings. The average molecular weight is 610 g/mol. The topological polar surface area (TPSA) is 83.0 Å². The molecule has 4 aliphatic rings. The van der Waals surface area contributed by atoms with E-state index >= 15 is 0 Å². The second-order valence-electron chi connectivity index (χ2n) is 12.9. The maximum absolute atomic E-state index is 10.7. The summed E-state index contributed by atoms with van der Waals surface area (Å²) >= 11 is 7.28. The maximum Gasteiger partial charge on any atom is 0.319 e. The third kappa shape index (κ3) is 5.12. The third-order valence-corrected chi connectivity index (χ3v) is 10.2. The Morgan fingerprint density at radius 3 is 2.61 bits per heavy atom. The molecule has 3 aromatic carbocycles. The van der Waals surface area contributed by atoms with Gasteiger partial charge in [0.05, 0.1) is 30.4 Å². The van der Waals surface area contributed by atoms with Gasteiger partial charge < -0.3 is 24.8 Å². The van der Waals surface area contributed by atoms with Gasteiger partial charge in [0.15, 0.2) is 0 Å². The summed E-state index contributed by atoms with van der Waals surface area (Å²) < 4.78 is 12.0. The van der Waals surface area contributed by atoms with Gasteiger partial charge in [0, 0.05) is 72.1 Å². The predicted molar refractivity (Wildman–Crippen MR) is 174 cm³/mol. The lowest BCUT2D eigenvalue weighted by atomic mass is 9.93. The first-order chi connectivity index (χ1) is 21.5. The molecule has 8 nitrogen and oxygen atoms in total. The molecule has 0 radical (unpaired) electrons. The molecule has 2 unspecified atom stereocenters. The molecule has 226 valence electrons. The van der Waals surface area contributed by atoms with Gasteiger partial charge in [-0.1, -0.05) is 35.7 Å². The zero-order valence-electron chi connectivity index (χ0n) is 24.7. The van der Waals surface area contributed by atoms with Crippen LogP contribution in [0.4, 0.5) is 5.82 Å². The lowest BCUT2D eigenvalue weighted by Gasteiger charge is -2.34. The van der Waals surface area contributed by atoms with Gasteiger partial charge in [0.2, 0.25) is 0 Å². The van der Waals surface area contributed by atoms with E-state index in [-0.39, 0.29) is 11.2 Å². The zero-order chi connectivity index (χ0) is 29.8. The first-order valence-electron chi connectivity index (χ1n) is 15.7. The molecule has 4 heterocycles. The number of piperazine rings is 1. The van der Waals surface area contributed by atoms with Crippen molar-refractivity contribution in [1.82, 2.24) is 20.2 Å². The van der Waals surface area contributed by atoms with Gasteiger partial charge in [0.25, 0.3) is 0 Å². The number of morpholine rings is 1. The van der Waals surface area contributed by atoms with E-state index in [0.717, 1.165) is 97.4 Å². The van der Waals surface area contributed by atoms with Crippen LogP contribution in [-0.4, -0.2) is 84.6 Å². The fourth-order valence-electron chi connectivity index (χ4n) is 7.33. The number of hydrogen-bond acceptors (Lipinski definition) is 8. The number of halogens is 1. The van der Waals surface area contributed by atoms with Crippen molar-refractivity contribution >= 4 is 39.1 Å². The van der Waals surface area contributed by atoms with Gasteiger partial charge in [-0.3, -0.25) is 4.90 Å². The number of nitrogens with one attached hydrogen (secondary N) is 1. The summed E-state index contributed by atoms with van der Waals surface area (Å²) in [5.41, 5.74) is 3.03. The predicted octanol–water partition coefficient (Wildman–Crippen LogP) is 5.22. The SMILES string of the molecule is C#Cc1cccc2cc(O)cc(-c3ccc4c(N5CC6CCC(C5)N6)nc(OCC5(CN6CCOCC6)CC5)nc4c3Cl)c12. The number of anilines is 1. The van der Waals surface area contributed by atoms with Gasteiger partial charge in [-0.15, -0.1) is 6.42 Å². The Bertz CT molecular complexity index is 1780. The maximum atomic E-state index is 10.7. The van der Waals surface area contributed by atoms with Crippen LogP contribution in [0, 0.1) is 17.8 Å². The minimum atomic E-state index is 0.127. The number of terminal acetylenes is 1. The molecule has 2 atom stereocenters. The summed E-state index contributed by atoms with van der Waals surface area (Å²) in [6.45, 7) is 6.85. The molecule has 2 N–H and O–H groups in total. The number of rotatable bonds is 7. The fraction of sp³-hybridized carbons (Fsp3) is 0.429. The number of ether oxygens (including phenoxy) is 2. The smallest absolute Gasteiger partial charge is 0.319 e. The standard InChI is InChI=1S/C35H36ClN5O3/c1-2-22-4-3-5-23-16-26(42)17-29(30(22)23)27-8-9-28-32(31(27)36)38-34(39-33(28)41-18-24-6-7-25(19-41)37-24)44-21-35(10-11-35)20-40-12-14-43-15-13-40/h1,3-5,8-9,16-17,24-25,37,42H,6-7,10-15,18-21H2. The van der Waals surface area contributed by atoms with Crippen LogP contribution >= 0.6 is 11.6 Å². The van der Waals surface area contributed by atoms with E-state index in [0.29, 0.717) is 35.2 Å². The summed E-state index contributed by atoms with van der Waals surface area (Å²) in [5, 5.41) is 17.5. The van der Waals surface area contributed by atoms with Gasteiger partial charge >= 0.3 is 6.01 Å². The fourth-order valence-corrected chi connectivity index (χ4v) is 7.64. The summed E-state index contributed by atoms with van der Waals surface area (Å²) in [4.78, 5) is 14.8. The normalized spacial score (nSPS) is 22.8. The molecular formula is C35H36ClN5O3. The first-order valence-corrected chi connectivity index (χ1v) is 16.0. The van der Waals surface area contributed by atoms with Crippen molar-refractivity contribution < 1.29 is 14.6 Å². The number of hydrogen-bond donors (Lipinski definition) is 2. The van der Waals surface area contributed by atoms with E-state index in [9.17, 15) is 5.11 Å². The largest absolute Gasteiger partial charge is 0.508 e. The average Bonchev–Trinajstić information content (AvgIpc) is 3.73. The van der Waals surface area contributed by atoms with E-state index in [1.165, 1.54) is 12.8 Å². The van der Waals surface area contributed by atoms with Crippen LogP contribution in [0.2, 0.25) is 5.02 Å². The van der Waals surface area contributed by atoms with Gasteiger partial charge in [-0.05, 0) is 60.9 Å². The highest BCUT2D eigenvalue weighted by molar-refractivity contribution is 6.38. The van der Waals surface area contributed by atoms with E-state index < -0.39 is 0 Å². The summed E-state index contributed by atoms with van der Waals surface area (Å²) in [6, 6.07) is 14.5. The number of fused-ring (bicyclic) bond motifs is 4. The van der Waals surface area contributed by atoms with E-state index in [1.54, 1.807) is 12.1 Å². The van der Waals surface area contributed by atoms with Crippen molar-refractivity contribution in [3.63, 3.8) is 0 Å². The Morgan fingerprint density at radius 2 is 1.86 bits per heavy atom. The number of nitrogens with zero attached hydrogens (tertiary/aromatic N) is 4. The molecule has 2 bridgehead atoms. The van der Waals surface area contributed by atoms with Gasteiger partial charge in [-0.2, -0.15) is 9.97 Å². The lowest BCUT2D eigenvalue weighted by Crippen LogP contribution is -2.51. The Morgan fingerprint density at radius 1 is 1.07 bits per heavy atom. The molecule has 4 aromatic rings. The Hall–Kier alpha value is -3.61. The highest BCUT2D eigenvalue weighted by atomic mass is 35.5. The summed E-state index contributed by atoms with van der Waals surface area (Å²) in [7, 11) is 0. The van der Waals surface area contributed by atoms with E-state index in [2.05, 4.69) is 27.1 Å². The van der Waals surface area contributed by atoms with Crippen LogP contribution in [0.3, 0.4) is 0 Å². The lowest BCUT2D eigenvalue weighted by molar-refractivity contribution is 0.0231. The number of phenols is 1. The molecule has 1 aliphatic carbocycles. The number of aromatic nitrogens is 2. The van der Waals surface area contributed by atoms with Crippen molar-refractivity contribution in [2.45, 2.75) is 37.8 Å². The van der Waals surface area contributed by atoms with Crippen LogP contribution in [-0.2, 0) is 4.74 Å².